The van der Waals surface area contributed by atoms with Crippen molar-refractivity contribution in [2.75, 3.05) is 5.88 Å². The van der Waals surface area contributed by atoms with E-state index in [0.29, 0.717) is 11.3 Å². The molecule has 2 atom stereocenters. The first-order valence-electron chi connectivity index (χ1n) is 3.85. The van der Waals surface area contributed by atoms with Gasteiger partial charge in [-0.3, -0.25) is 10.1 Å². The molecule has 0 aromatic carbocycles. The van der Waals surface area contributed by atoms with Crippen LogP contribution in [0, 0.1) is 5.92 Å². The Balaban J connectivity index is 2.26. The SMILES string of the molecule is CC(C)C12NCSC1NC2=O. The molecule has 2 rings (SSSR count). The average molecular weight is 172 g/mol. The van der Waals surface area contributed by atoms with Crippen molar-refractivity contribution < 1.29 is 4.79 Å². The van der Waals surface area contributed by atoms with E-state index in [-0.39, 0.29) is 11.4 Å². The third kappa shape index (κ3) is 0.715. The van der Waals surface area contributed by atoms with Gasteiger partial charge in [-0.2, -0.15) is 0 Å². The highest BCUT2D eigenvalue weighted by molar-refractivity contribution is 8.00. The average Bonchev–Trinajstić information content (AvgIpc) is 2.26. The van der Waals surface area contributed by atoms with Crippen molar-refractivity contribution in [3.8, 4) is 0 Å². The molecule has 0 radical (unpaired) electrons. The van der Waals surface area contributed by atoms with Gasteiger partial charge in [-0.05, 0) is 5.92 Å². The highest BCUT2D eigenvalue weighted by atomic mass is 32.2. The lowest BCUT2D eigenvalue weighted by molar-refractivity contribution is -0.138. The summed E-state index contributed by atoms with van der Waals surface area (Å²) in [5.41, 5.74) is -0.245. The van der Waals surface area contributed by atoms with Gasteiger partial charge < -0.3 is 5.32 Å². The molecule has 0 bridgehead atoms. The lowest BCUT2D eigenvalue weighted by atomic mass is 9.80. The number of hydrogen-bond donors (Lipinski definition) is 2. The predicted molar refractivity (Wildman–Crippen MR) is 45.1 cm³/mol. The number of nitrogens with one attached hydrogen (secondary N) is 2. The molecule has 2 aliphatic heterocycles. The van der Waals surface area contributed by atoms with Gasteiger partial charge in [-0.1, -0.05) is 13.8 Å². The number of fused-ring (bicyclic) bond motifs is 1. The molecule has 0 saturated carbocycles. The van der Waals surface area contributed by atoms with Crippen LogP contribution >= 0.6 is 11.8 Å². The van der Waals surface area contributed by atoms with Gasteiger partial charge in [0.25, 0.3) is 0 Å². The van der Waals surface area contributed by atoms with E-state index >= 15 is 0 Å². The molecular weight excluding hydrogens is 160 g/mol. The van der Waals surface area contributed by atoms with E-state index < -0.39 is 0 Å². The molecule has 0 aromatic rings. The number of thioether (sulfide) groups is 1. The number of amides is 1. The van der Waals surface area contributed by atoms with E-state index in [1.807, 2.05) is 0 Å². The van der Waals surface area contributed by atoms with E-state index in [0.717, 1.165) is 5.88 Å². The highest BCUT2D eigenvalue weighted by Crippen LogP contribution is 2.40. The van der Waals surface area contributed by atoms with Crippen LogP contribution in [0.25, 0.3) is 0 Å². The summed E-state index contributed by atoms with van der Waals surface area (Å²) in [4.78, 5) is 11.3. The molecule has 2 fully saturated rings. The Labute approximate surface area is 70.3 Å². The normalized spacial score (nSPS) is 41.7. The Morgan fingerprint density at radius 2 is 2.45 bits per heavy atom. The fourth-order valence-corrected chi connectivity index (χ4v) is 3.16. The molecule has 2 saturated heterocycles. The van der Waals surface area contributed by atoms with Gasteiger partial charge in [0.2, 0.25) is 5.91 Å². The van der Waals surface area contributed by atoms with Crippen molar-refractivity contribution in [1.82, 2.24) is 10.6 Å². The summed E-state index contributed by atoms with van der Waals surface area (Å²) < 4.78 is 0. The standard InChI is InChI=1S/C7H12N2OS/c1-4(2)7-5(10)9-6(7)11-3-8-7/h4,6,8H,3H2,1-2H3,(H,9,10). The maximum atomic E-state index is 11.3. The van der Waals surface area contributed by atoms with Gasteiger partial charge in [0.05, 0.1) is 0 Å². The molecule has 3 nitrogen and oxygen atoms in total. The number of rotatable bonds is 1. The molecular formula is C7H12N2OS. The first-order valence-corrected chi connectivity index (χ1v) is 4.90. The molecule has 62 valence electrons. The Morgan fingerprint density at radius 1 is 1.73 bits per heavy atom. The van der Waals surface area contributed by atoms with Crippen LogP contribution in [0.5, 0.6) is 0 Å². The lowest BCUT2D eigenvalue weighted by Crippen LogP contribution is -2.76. The van der Waals surface area contributed by atoms with E-state index in [9.17, 15) is 4.79 Å². The van der Waals surface area contributed by atoms with Gasteiger partial charge in [0, 0.05) is 5.88 Å². The first-order chi connectivity index (χ1) is 5.18. The Morgan fingerprint density at radius 3 is 2.82 bits per heavy atom. The molecule has 0 spiro atoms. The Hall–Kier alpha value is -0.220. The maximum absolute atomic E-state index is 11.3. The monoisotopic (exact) mass is 172 g/mol. The highest BCUT2D eigenvalue weighted by Gasteiger charge is 2.60. The van der Waals surface area contributed by atoms with Crippen LogP contribution in [0.1, 0.15) is 13.8 Å². The fourth-order valence-electron chi connectivity index (χ4n) is 1.75. The van der Waals surface area contributed by atoms with Crippen LogP contribution in [-0.4, -0.2) is 22.7 Å². The summed E-state index contributed by atoms with van der Waals surface area (Å²) in [5, 5.41) is 6.47. The largest absolute Gasteiger partial charge is 0.340 e. The molecule has 0 aromatic heterocycles. The zero-order valence-electron chi connectivity index (χ0n) is 6.68. The van der Waals surface area contributed by atoms with Crippen LogP contribution < -0.4 is 10.6 Å². The van der Waals surface area contributed by atoms with E-state index in [1.54, 1.807) is 11.8 Å². The van der Waals surface area contributed by atoms with E-state index in [2.05, 4.69) is 24.5 Å². The quantitative estimate of drug-likeness (QED) is 0.552. The molecule has 2 unspecified atom stereocenters. The van der Waals surface area contributed by atoms with Crippen LogP contribution in [-0.2, 0) is 4.79 Å². The van der Waals surface area contributed by atoms with Crippen molar-refractivity contribution in [3.05, 3.63) is 0 Å². The zero-order chi connectivity index (χ0) is 8.06. The lowest BCUT2D eigenvalue weighted by Gasteiger charge is -2.45. The smallest absolute Gasteiger partial charge is 0.244 e. The van der Waals surface area contributed by atoms with Crippen LogP contribution in [0.2, 0.25) is 0 Å². The van der Waals surface area contributed by atoms with Crippen molar-refractivity contribution in [3.63, 3.8) is 0 Å². The summed E-state index contributed by atoms with van der Waals surface area (Å²) in [6.07, 6.45) is 0. The van der Waals surface area contributed by atoms with Crippen molar-refractivity contribution in [2.24, 2.45) is 5.92 Å². The summed E-state index contributed by atoms with van der Waals surface area (Å²) >= 11 is 1.78. The number of hydrogen-bond acceptors (Lipinski definition) is 3. The van der Waals surface area contributed by atoms with Gasteiger partial charge >= 0.3 is 0 Å². The third-order valence-electron chi connectivity index (χ3n) is 2.58. The summed E-state index contributed by atoms with van der Waals surface area (Å²) in [7, 11) is 0. The minimum atomic E-state index is -0.245. The fraction of sp³-hybridized carbons (Fsp3) is 0.857. The second-order valence-electron chi connectivity index (χ2n) is 3.36. The van der Waals surface area contributed by atoms with Gasteiger partial charge in [0.1, 0.15) is 10.9 Å². The molecule has 0 aliphatic carbocycles. The molecule has 2 heterocycles. The number of carbonyl (C=O) groups is 1. The van der Waals surface area contributed by atoms with Crippen LogP contribution in [0.15, 0.2) is 0 Å². The van der Waals surface area contributed by atoms with E-state index in [1.165, 1.54) is 0 Å². The van der Waals surface area contributed by atoms with Crippen LogP contribution in [0.3, 0.4) is 0 Å². The van der Waals surface area contributed by atoms with Gasteiger partial charge in [0.15, 0.2) is 0 Å². The van der Waals surface area contributed by atoms with Crippen LogP contribution in [0.4, 0.5) is 0 Å². The predicted octanol–water partition coefficient (Wildman–Crippen LogP) is 0.131. The Bertz CT molecular complexity index is 207. The third-order valence-corrected chi connectivity index (χ3v) is 3.71. The maximum Gasteiger partial charge on any atom is 0.244 e. The Kier molecular flexibility index (Phi) is 1.44. The molecule has 2 aliphatic rings. The summed E-state index contributed by atoms with van der Waals surface area (Å²) in [6.45, 7) is 4.18. The second-order valence-corrected chi connectivity index (χ2v) is 4.46. The zero-order valence-corrected chi connectivity index (χ0v) is 7.49. The molecule has 4 heteroatoms. The molecule has 2 N–H and O–H groups in total. The second kappa shape index (κ2) is 2.14. The molecule has 11 heavy (non-hydrogen) atoms. The van der Waals surface area contributed by atoms with Crippen molar-refractivity contribution in [2.45, 2.75) is 24.8 Å². The number of carbonyl (C=O) groups excluding carboxylic acids is 1. The van der Waals surface area contributed by atoms with Crippen molar-refractivity contribution >= 4 is 17.7 Å². The first kappa shape index (κ1) is 7.43. The topological polar surface area (TPSA) is 41.1 Å². The summed E-state index contributed by atoms with van der Waals surface area (Å²) in [5.74, 6) is 1.44. The minimum absolute atomic E-state index is 0.169. The van der Waals surface area contributed by atoms with Gasteiger partial charge in [-0.15, -0.1) is 11.8 Å². The molecule has 1 amide bonds. The number of β-lactam (4-membered cyclic amide) rings is 1. The van der Waals surface area contributed by atoms with Crippen molar-refractivity contribution in [1.29, 1.82) is 0 Å². The summed E-state index contributed by atoms with van der Waals surface area (Å²) in [6, 6.07) is 0. The van der Waals surface area contributed by atoms with Gasteiger partial charge in [-0.25, -0.2) is 0 Å². The van der Waals surface area contributed by atoms with E-state index in [4.69, 9.17) is 0 Å². The minimum Gasteiger partial charge on any atom is -0.340 e.